The van der Waals surface area contributed by atoms with E-state index in [-0.39, 0.29) is 10.5 Å². The highest BCUT2D eigenvalue weighted by molar-refractivity contribution is 7.29. The van der Waals surface area contributed by atoms with E-state index >= 15 is 0 Å². The lowest BCUT2D eigenvalue weighted by atomic mass is 9.88. The molecule has 6 rings (SSSR count). The van der Waals surface area contributed by atoms with Crippen molar-refractivity contribution in [1.82, 2.24) is 8.75 Å². The van der Waals surface area contributed by atoms with Gasteiger partial charge in [-0.05, 0) is 37.6 Å². The summed E-state index contributed by atoms with van der Waals surface area (Å²) in [6.07, 6.45) is 2.09. The molecule has 0 atom stereocenters. The van der Waals surface area contributed by atoms with E-state index in [1.54, 1.807) is 22.7 Å². The molecule has 2 aliphatic rings. The first-order valence-electron chi connectivity index (χ1n) is 15.5. The number of rotatable bonds is 9. The van der Waals surface area contributed by atoms with Gasteiger partial charge < -0.3 is 23.1 Å². The zero-order valence-corrected chi connectivity index (χ0v) is 32.0. The molecule has 0 fully saturated rings. The Labute approximate surface area is 275 Å². The maximum Gasteiger partial charge on any atom is 0.221 e. The van der Waals surface area contributed by atoms with E-state index in [0.29, 0.717) is 26.4 Å². The van der Waals surface area contributed by atoms with Crippen LogP contribution in [0, 0.1) is 0 Å². The predicted molar refractivity (Wildman–Crippen MR) is 189 cm³/mol. The molecule has 238 valence electrons. The molecule has 44 heavy (non-hydrogen) atoms. The number of fused-ring (bicyclic) bond motifs is 3. The highest BCUT2D eigenvalue weighted by Gasteiger charge is 2.47. The molecule has 0 saturated heterocycles. The Morgan fingerprint density at radius 1 is 0.727 bits per heavy atom. The summed E-state index contributed by atoms with van der Waals surface area (Å²) >= 11 is 4.75. The van der Waals surface area contributed by atoms with Crippen LogP contribution in [-0.2, 0) is 9.53 Å². The van der Waals surface area contributed by atoms with E-state index in [9.17, 15) is 0 Å². The summed E-state index contributed by atoms with van der Waals surface area (Å²) in [6, 6.07) is 4.34. The van der Waals surface area contributed by atoms with Gasteiger partial charge in [0.2, 0.25) is 8.32 Å². The van der Waals surface area contributed by atoms with Crippen LogP contribution in [0.2, 0.25) is 31.2 Å². The lowest BCUT2D eigenvalue weighted by Crippen LogP contribution is -2.55. The Balaban J connectivity index is 1.48. The van der Waals surface area contributed by atoms with Gasteiger partial charge in [0, 0.05) is 16.5 Å². The lowest BCUT2D eigenvalue weighted by molar-refractivity contribution is 0.170. The van der Waals surface area contributed by atoms with E-state index in [1.165, 1.54) is 21.1 Å². The number of hydrogen-bond acceptors (Lipinski definition) is 10. The highest BCUT2D eigenvalue weighted by Crippen LogP contribution is 2.56. The molecular weight excluding hydrogens is 645 g/mol. The van der Waals surface area contributed by atoms with Crippen LogP contribution in [0.1, 0.15) is 59.3 Å². The van der Waals surface area contributed by atoms with Gasteiger partial charge in [-0.25, -0.2) is 0 Å². The maximum absolute atomic E-state index is 7.23. The molecule has 0 saturated carbocycles. The zero-order valence-electron chi connectivity index (χ0n) is 27.6. The molecule has 3 aromatic heterocycles. The number of aromatic nitrogens is 2. The number of ether oxygens (including phenoxy) is 4. The number of thiophene rings is 2. The van der Waals surface area contributed by atoms with Gasteiger partial charge in [0.05, 0.1) is 30.9 Å². The fourth-order valence-electron chi connectivity index (χ4n) is 5.74. The zero-order chi connectivity index (χ0) is 31.7. The summed E-state index contributed by atoms with van der Waals surface area (Å²) in [7, 11) is -4.41. The average molecular weight is 689 g/mol. The van der Waals surface area contributed by atoms with Gasteiger partial charge in [-0.1, -0.05) is 60.1 Å². The minimum absolute atomic E-state index is 0.0284. The molecule has 0 N–H and O–H groups in total. The van der Waals surface area contributed by atoms with Gasteiger partial charge in [-0.2, -0.15) is 8.75 Å². The average Bonchev–Trinajstić information content (AvgIpc) is 3.72. The first-order chi connectivity index (χ1) is 20.7. The number of benzene rings is 1. The third-order valence-electron chi connectivity index (χ3n) is 9.77. The summed E-state index contributed by atoms with van der Waals surface area (Å²) in [5.41, 5.74) is 3.76. The van der Waals surface area contributed by atoms with Crippen molar-refractivity contribution >= 4 is 66.6 Å². The van der Waals surface area contributed by atoms with Crippen LogP contribution >= 0.6 is 34.4 Å². The summed E-state index contributed by atoms with van der Waals surface area (Å²) in [6.45, 7) is 25.2. The molecule has 0 amide bonds. The lowest BCUT2D eigenvalue weighted by Gasteiger charge is -2.43. The summed E-state index contributed by atoms with van der Waals surface area (Å²) in [5.74, 6) is 3.39. The van der Waals surface area contributed by atoms with Crippen LogP contribution in [0.5, 0.6) is 23.0 Å². The Hall–Kier alpha value is -1.97. The Morgan fingerprint density at radius 3 is 1.77 bits per heavy atom. The van der Waals surface area contributed by atoms with E-state index in [4.69, 9.17) is 31.8 Å². The van der Waals surface area contributed by atoms with Crippen molar-refractivity contribution in [2.24, 2.45) is 0 Å². The Morgan fingerprint density at radius 2 is 1.23 bits per heavy atom. The third-order valence-corrected chi connectivity index (χ3v) is 23.6. The highest BCUT2D eigenvalue weighted by atomic mass is 32.1. The molecule has 5 heterocycles. The van der Waals surface area contributed by atoms with Crippen molar-refractivity contribution in [1.29, 1.82) is 0 Å². The second-order valence-corrected chi connectivity index (χ2v) is 25.6. The fourth-order valence-corrected chi connectivity index (χ4v) is 18.5. The van der Waals surface area contributed by atoms with Gasteiger partial charge in [0.15, 0.2) is 31.3 Å². The smallest absolute Gasteiger partial charge is 0.221 e. The molecule has 0 aliphatic carbocycles. The molecule has 12 heteroatoms. The molecular formula is C32H44N2O5S3Si2. The molecule has 7 nitrogen and oxygen atoms in total. The van der Waals surface area contributed by atoms with Crippen LogP contribution in [0.15, 0.2) is 12.1 Å². The van der Waals surface area contributed by atoms with Crippen LogP contribution in [0.4, 0.5) is 0 Å². The van der Waals surface area contributed by atoms with Gasteiger partial charge >= 0.3 is 0 Å². The van der Waals surface area contributed by atoms with E-state index in [2.05, 4.69) is 79.9 Å². The van der Waals surface area contributed by atoms with Crippen LogP contribution in [-0.4, -0.2) is 51.8 Å². The van der Waals surface area contributed by atoms with E-state index < -0.39 is 16.6 Å². The molecule has 0 spiro atoms. The maximum atomic E-state index is 7.23. The summed E-state index contributed by atoms with van der Waals surface area (Å²) in [4.78, 5) is 3.32. The van der Waals surface area contributed by atoms with Gasteiger partial charge in [-0.15, -0.1) is 22.7 Å². The van der Waals surface area contributed by atoms with Gasteiger partial charge in [0.25, 0.3) is 0 Å². The topological polar surface area (TPSA) is 71.9 Å². The molecule has 0 unspecified atom stereocenters. The number of nitrogens with zero attached hydrogens (tertiary/aromatic N) is 2. The quantitative estimate of drug-likeness (QED) is 0.162. The molecule has 0 bridgehead atoms. The molecule has 1 aromatic carbocycles. The number of hydrogen-bond donors (Lipinski definition) is 0. The van der Waals surface area contributed by atoms with Crippen molar-refractivity contribution in [3.63, 3.8) is 0 Å². The standard InChI is InChI=1S/C32H44N2O5S3Si2/c1-11-31(3,4)29-25-23(35-15-17-37-25)27(40-29)19-13-14-20(22-21(19)33-42-34-22)28-24-26(38-18-16-36-24)30(41-28)43(7,8)39-44(9,10)32(5,6)12-2/h13-14H,11-12,15-18H2,1-10H3. The Kier molecular flexibility index (Phi) is 8.27. The normalized spacial score (nSPS) is 15.7. The molecule has 4 aromatic rings. The SMILES string of the molecule is CCC(C)(C)c1sc(-c2ccc(-c3sc([Si](C)(C)O[Si](C)(C)C(C)(C)CC)c4c3OCCO4)c3nsnc23)c2c1OCCO2. The summed E-state index contributed by atoms with van der Waals surface area (Å²) in [5, 5.41) is 0.158. The molecule has 0 radical (unpaired) electrons. The molecule has 2 aliphatic heterocycles. The first kappa shape index (κ1) is 32.0. The predicted octanol–water partition coefficient (Wildman–Crippen LogP) is 9.20. The fraction of sp³-hybridized carbons (Fsp3) is 0.562. The second-order valence-electron chi connectivity index (χ2n) is 14.0. The third kappa shape index (κ3) is 5.23. The summed E-state index contributed by atoms with van der Waals surface area (Å²) < 4.78 is 43.3. The van der Waals surface area contributed by atoms with E-state index in [0.717, 1.165) is 67.8 Å². The van der Waals surface area contributed by atoms with Crippen LogP contribution in [0.25, 0.3) is 31.9 Å². The first-order valence-corrected chi connectivity index (χ1v) is 23.7. The minimum atomic E-state index is -2.37. The van der Waals surface area contributed by atoms with Crippen molar-refractivity contribution in [2.45, 2.75) is 91.0 Å². The largest absolute Gasteiger partial charge is 0.485 e. The van der Waals surface area contributed by atoms with Crippen LogP contribution in [0.3, 0.4) is 0 Å². The van der Waals surface area contributed by atoms with Crippen molar-refractivity contribution in [3.05, 3.63) is 17.0 Å². The van der Waals surface area contributed by atoms with Gasteiger partial charge in [-0.3, -0.25) is 0 Å². The minimum Gasteiger partial charge on any atom is -0.485 e. The second kappa shape index (κ2) is 11.4. The monoisotopic (exact) mass is 688 g/mol. The van der Waals surface area contributed by atoms with Crippen LogP contribution < -0.4 is 23.4 Å². The van der Waals surface area contributed by atoms with Crippen molar-refractivity contribution in [2.75, 3.05) is 26.4 Å². The van der Waals surface area contributed by atoms with Gasteiger partial charge in [0.1, 0.15) is 37.5 Å². The van der Waals surface area contributed by atoms with Crippen molar-refractivity contribution in [3.8, 4) is 43.9 Å². The van der Waals surface area contributed by atoms with Crippen molar-refractivity contribution < 1.29 is 23.1 Å². The Bertz CT molecular complexity index is 1710. The van der Waals surface area contributed by atoms with E-state index in [1.807, 2.05) is 0 Å².